The van der Waals surface area contributed by atoms with Gasteiger partial charge in [0.05, 0.1) is 28.9 Å². The summed E-state index contributed by atoms with van der Waals surface area (Å²) in [6.07, 6.45) is 23.5. The first-order valence-corrected chi connectivity index (χ1v) is 13.4. The number of allylic oxidation sites excluding steroid dienone is 5. The van der Waals surface area contributed by atoms with Crippen molar-refractivity contribution in [2.75, 3.05) is 0 Å². The Balaban J connectivity index is 1.42. The van der Waals surface area contributed by atoms with Gasteiger partial charge in [0.1, 0.15) is 0 Å². The van der Waals surface area contributed by atoms with Crippen LogP contribution in [0.3, 0.4) is 0 Å². The lowest BCUT2D eigenvalue weighted by Gasteiger charge is -2.15. The van der Waals surface area contributed by atoms with Gasteiger partial charge in [-0.3, -0.25) is 19.9 Å². The normalized spacial score (nSPS) is 24.1. The molecule has 41 heavy (non-hydrogen) atoms. The fourth-order valence-corrected chi connectivity index (χ4v) is 5.68. The minimum atomic E-state index is -0.0630. The van der Waals surface area contributed by atoms with Crippen LogP contribution in [0.1, 0.15) is 28.1 Å². The summed E-state index contributed by atoms with van der Waals surface area (Å²) in [7, 11) is 0. The van der Waals surface area contributed by atoms with Gasteiger partial charge in [0.25, 0.3) is 0 Å². The number of rotatable bonds is 3. The number of fused-ring (bicyclic) bond motifs is 7. The molecule has 0 amide bonds. The smallest absolute Gasteiger partial charge is 0.0874 e. The first-order valence-electron chi connectivity index (χ1n) is 13.4. The number of nitrogens with zero attached hydrogens (tertiary/aromatic N) is 5. The van der Waals surface area contributed by atoms with Crippen LogP contribution < -0.4 is 5.32 Å². The average molecular weight is 530 g/mol. The largest absolute Gasteiger partial charge is 0.373 e. The van der Waals surface area contributed by atoms with E-state index in [0.29, 0.717) is 0 Å². The number of hydrogen-bond donors (Lipinski definition) is 2. The van der Waals surface area contributed by atoms with E-state index in [-0.39, 0.29) is 6.04 Å². The van der Waals surface area contributed by atoms with Crippen LogP contribution in [0.5, 0.6) is 0 Å². The molecular formula is C34H23N7. The van der Waals surface area contributed by atoms with Crippen LogP contribution in [-0.4, -0.2) is 37.4 Å². The Morgan fingerprint density at radius 3 is 1.66 bits per heavy atom. The Hall–Kier alpha value is -5.69. The van der Waals surface area contributed by atoms with Gasteiger partial charge in [0, 0.05) is 71.0 Å². The van der Waals surface area contributed by atoms with Gasteiger partial charge in [0.15, 0.2) is 0 Å². The van der Waals surface area contributed by atoms with Gasteiger partial charge in [0.2, 0.25) is 0 Å². The van der Waals surface area contributed by atoms with Crippen LogP contribution in [0.2, 0.25) is 0 Å². The predicted octanol–water partition coefficient (Wildman–Crippen LogP) is 5.69. The van der Waals surface area contributed by atoms with Gasteiger partial charge in [-0.25, -0.2) is 4.99 Å². The lowest BCUT2D eigenvalue weighted by Crippen LogP contribution is -2.29. The highest BCUT2D eigenvalue weighted by atomic mass is 15.0. The van der Waals surface area contributed by atoms with Crippen molar-refractivity contribution < 1.29 is 0 Å². The van der Waals surface area contributed by atoms with Crippen molar-refractivity contribution in [2.24, 2.45) is 9.98 Å². The summed E-state index contributed by atoms with van der Waals surface area (Å²) in [5.41, 5.74) is 12.7. The highest BCUT2D eigenvalue weighted by Gasteiger charge is 2.27. The Morgan fingerprint density at radius 2 is 1.05 bits per heavy atom. The maximum atomic E-state index is 5.22. The molecule has 0 saturated carbocycles. The molecule has 0 aliphatic carbocycles. The molecule has 0 radical (unpaired) electrons. The Labute approximate surface area is 236 Å². The molecule has 0 spiro atoms. The molecule has 4 aliphatic heterocycles. The van der Waals surface area contributed by atoms with Crippen LogP contribution in [0.15, 0.2) is 149 Å². The van der Waals surface area contributed by atoms with Crippen LogP contribution in [0.4, 0.5) is 0 Å². The molecule has 4 aliphatic rings. The molecule has 8 rings (SSSR count). The van der Waals surface area contributed by atoms with Crippen molar-refractivity contribution in [3.05, 3.63) is 167 Å². The Morgan fingerprint density at radius 1 is 0.512 bits per heavy atom. The molecule has 194 valence electrons. The molecule has 7 heteroatoms. The van der Waals surface area contributed by atoms with Gasteiger partial charge in [-0.15, -0.1) is 0 Å². The van der Waals surface area contributed by atoms with Crippen molar-refractivity contribution >= 4 is 28.1 Å². The average Bonchev–Trinajstić information content (AvgIpc) is 3.84. The quantitative estimate of drug-likeness (QED) is 0.357. The minimum Gasteiger partial charge on any atom is -0.373 e. The molecule has 1 unspecified atom stereocenters. The highest BCUT2D eigenvalue weighted by molar-refractivity contribution is 6.32. The van der Waals surface area contributed by atoms with E-state index in [2.05, 4.69) is 73.8 Å². The van der Waals surface area contributed by atoms with E-state index in [1.165, 1.54) is 0 Å². The van der Waals surface area contributed by atoms with Crippen LogP contribution in [0, 0.1) is 0 Å². The minimum absolute atomic E-state index is 0.0630. The van der Waals surface area contributed by atoms with Gasteiger partial charge in [-0.05, 0) is 95.6 Å². The van der Waals surface area contributed by atoms with Crippen molar-refractivity contribution in [2.45, 2.75) is 6.04 Å². The Bertz CT molecular complexity index is 1930. The highest BCUT2D eigenvalue weighted by Crippen LogP contribution is 2.36. The van der Waals surface area contributed by atoms with Crippen molar-refractivity contribution in [3.63, 3.8) is 0 Å². The zero-order valence-corrected chi connectivity index (χ0v) is 21.9. The molecular weight excluding hydrogens is 506 g/mol. The molecule has 4 aromatic rings. The number of aromatic nitrogens is 4. The van der Waals surface area contributed by atoms with E-state index in [1.807, 2.05) is 73.6 Å². The van der Waals surface area contributed by atoms with E-state index in [9.17, 15) is 0 Å². The topological polar surface area (TPSA) is 91.2 Å². The second-order valence-corrected chi connectivity index (χ2v) is 9.98. The fourth-order valence-electron chi connectivity index (χ4n) is 5.68. The number of hydrogen-bond acceptors (Lipinski definition) is 6. The van der Waals surface area contributed by atoms with Gasteiger partial charge in [-0.2, -0.15) is 0 Å². The second kappa shape index (κ2) is 9.50. The third-order valence-electron chi connectivity index (χ3n) is 7.56. The van der Waals surface area contributed by atoms with Gasteiger partial charge < -0.3 is 10.3 Å². The molecule has 0 fully saturated rings. The maximum absolute atomic E-state index is 5.22. The standard InChI is InChI=1S/C34H23N7/c1-3-26-32(21-9-15-35-16-10-21)28-5-7-30(40-28)34(23-13-19-37-20-14-23)31-8-6-29(41-31)33(22-11-17-36-18-12-22)27-4-2-25(39-27)24(1)38-26/h1-20,24,38,41H/b32-26-,33-27-,34-30-. The molecule has 0 saturated heterocycles. The molecule has 2 N–H and O–H groups in total. The first-order chi connectivity index (χ1) is 20.3. The lowest BCUT2D eigenvalue weighted by molar-refractivity contribution is 0.886. The number of aliphatic imine (C=N–C) groups is 2. The number of pyridine rings is 3. The fraction of sp³-hybridized carbons (Fsp3) is 0.0294. The third-order valence-corrected chi connectivity index (χ3v) is 7.56. The zero-order chi connectivity index (χ0) is 27.2. The second-order valence-electron chi connectivity index (χ2n) is 9.98. The zero-order valence-electron chi connectivity index (χ0n) is 21.9. The van der Waals surface area contributed by atoms with Crippen LogP contribution in [0.25, 0.3) is 16.7 Å². The molecule has 0 aromatic carbocycles. The van der Waals surface area contributed by atoms with Gasteiger partial charge >= 0.3 is 0 Å². The summed E-state index contributed by atoms with van der Waals surface area (Å²) in [5, 5.41) is 3.70. The van der Waals surface area contributed by atoms with E-state index < -0.39 is 0 Å². The maximum Gasteiger partial charge on any atom is 0.0874 e. The van der Waals surface area contributed by atoms with Crippen molar-refractivity contribution in [1.82, 2.24) is 25.3 Å². The monoisotopic (exact) mass is 529 g/mol. The van der Waals surface area contributed by atoms with E-state index in [4.69, 9.17) is 9.98 Å². The molecule has 1 atom stereocenters. The summed E-state index contributed by atoms with van der Waals surface area (Å²) in [5.74, 6) is 0. The summed E-state index contributed by atoms with van der Waals surface area (Å²) in [6, 6.07) is 16.3. The van der Waals surface area contributed by atoms with E-state index >= 15 is 0 Å². The SMILES string of the molecule is C1=C/C2=C(\c3ccncc3)c3ccc([nH]3)/C(c3ccncc3)=C3/C=CC(=N3)C3C=C/C(=C(\c4ccncc4)C1=N2)N3. The van der Waals surface area contributed by atoms with Crippen LogP contribution >= 0.6 is 0 Å². The van der Waals surface area contributed by atoms with Crippen molar-refractivity contribution in [1.29, 1.82) is 0 Å². The number of nitrogens with one attached hydrogen (secondary N) is 2. The molecule has 4 aromatic heterocycles. The Kier molecular flexibility index (Phi) is 5.38. The third kappa shape index (κ3) is 4.03. The predicted molar refractivity (Wildman–Crippen MR) is 162 cm³/mol. The first kappa shape index (κ1) is 23.2. The summed E-state index contributed by atoms with van der Waals surface area (Å²) >= 11 is 0. The number of aromatic amines is 1. The van der Waals surface area contributed by atoms with Crippen molar-refractivity contribution in [3.8, 4) is 0 Å². The molecule has 8 heterocycles. The lowest BCUT2D eigenvalue weighted by atomic mass is 10.00. The van der Waals surface area contributed by atoms with Crippen LogP contribution in [-0.2, 0) is 0 Å². The van der Waals surface area contributed by atoms with E-state index in [0.717, 1.165) is 73.3 Å². The summed E-state index contributed by atoms with van der Waals surface area (Å²) in [4.78, 5) is 26.8. The number of H-pyrrole nitrogens is 1. The summed E-state index contributed by atoms with van der Waals surface area (Å²) < 4.78 is 0. The summed E-state index contributed by atoms with van der Waals surface area (Å²) in [6.45, 7) is 0. The van der Waals surface area contributed by atoms with Gasteiger partial charge in [-0.1, -0.05) is 6.08 Å². The molecule has 8 bridgehead atoms. The molecule has 7 nitrogen and oxygen atoms in total. The van der Waals surface area contributed by atoms with E-state index in [1.54, 1.807) is 0 Å².